The number of nitro benzene ring substituents is 1. The summed E-state index contributed by atoms with van der Waals surface area (Å²) >= 11 is 0. The van der Waals surface area contributed by atoms with E-state index >= 15 is 0 Å². The number of furan rings is 1. The number of unbranched alkanes of at least 4 members (excludes halogenated alkanes) is 1. The normalized spacial score (nSPS) is 12.3. The zero-order valence-corrected chi connectivity index (χ0v) is 26.2. The van der Waals surface area contributed by atoms with Crippen LogP contribution in [-0.4, -0.2) is 36.0 Å². The van der Waals surface area contributed by atoms with Gasteiger partial charge in [0.05, 0.1) is 16.3 Å². The molecule has 0 atom stereocenters. The summed E-state index contributed by atoms with van der Waals surface area (Å²) in [5.74, 6) is 0.499. The summed E-state index contributed by atoms with van der Waals surface area (Å²) in [7, 11) is 1.59. The van der Waals surface area contributed by atoms with Crippen molar-refractivity contribution < 1.29 is 28.5 Å². The number of hydrogen-bond donors (Lipinski definition) is 0. The van der Waals surface area contributed by atoms with Crippen LogP contribution in [-0.2, 0) is 25.6 Å². The van der Waals surface area contributed by atoms with Crippen molar-refractivity contribution in [1.82, 2.24) is 0 Å². The number of nitrogens with zero attached hydrogens (tertiary/aromatic N) is 3. The average molecular weight is 594 g/mol. The van der Waals surface area contributed by atoms with Gasteiger partial charge in [-0.2, -0.15) is 0 Å². The molecule has 1 heterocycles. The van der Waals surface area contributed by atoms with Gasteiger partial charge in [-0.3, -0.25) is 10.1 Å². The van der Waals surface area contributed by atoms with Gasteiger partial charge in [-0.1, -0.05) is 56.9 Å². The molecule has 1 aromatic heterocycles. The van der Waals surface area contributed by atoms with Crippen LogP contribution in [0.5, 0.6) is 0 Å². The number of methoxy groups -OCH3 is 1. The fraction of sp³-hybridized carbons (Fsp3) is 0.485. The first-order valence-corrected chi connectivity index (χ1v) is 14.9. The second-order valence-electron chi connectivity index (χ2n) is 11.2. The lowest BCUT2D eigenvalue weighted by atomic mass is 9.95. The third kappa shape index (κ3) is 9.22. The minimum Gasteiger partial charge on any atom is -0.449 e. The van der Waals surface area contributed by atoms with Crippen molar-refractivity contribution in [3.05, 3.63) is 63.4 Å². The molecule has 10 heteroatoms. The van der Waals surface area contributed by atoms with Crippen molar-refractivity contribution in [1.29, 1.82) is 0 Å². The van der Waals surface area contributed by atoms with Gasteiger partial charge in [0.1, 0.15) is 11.3 Å². The number of aryl methyl sites for hydroxylation is 1. The summed E-state index contributed by atoms with van der Waals surface area (Å²) < 4.78 is 11.5. The van der Waals surface area contributed by atoms with Crippen molar-refractivity contribution in [2.24, 2.45) is 16.2 Å². The number of benzene rings is 2. The third-order valence-corrected chi connectivity index (χ3v) is 6.92. The van der Waals surface area contributed by atoms with Gasteiger partial charge < -0.3 is 18.8 Å². The molecule has 0 aliphatic heterocycles. The quantitative estimate of drug-likeness (QED) is 0.0383. The second-order valence-corrected chi connectivity index (χ2v) is 11.2. The van der Waals surface area contributed by atoms with E-state index in [1.807, 2.05) is 12.1 Å². The topological polar surface area (TPSA) is 126 Å². The van der Waals surface area contributed by atoms with Crippen LogP contribution in [0.25, 0.3) is 21.9 Å². The standard InChI is InChI=1S/C33H43N3O7/c1-8-12-29(34-42-22(4)5)25-17-24(14-10-9-13-21(2)3)32-27(18-25)28-19-26(20-31(36(38)39)33(28)41-32)30(15-11-16-40-7)35-43-23(6)37/h17-21H,4,8-16H2,1-3,5-7H3/b34-29+,35-30+. The maximum atomic E-state index is 12.3. The fourth-order valence-electron chi connectivity index (χ4n) is 4.91. The highest BCUT2D eigenvalue weighted by Gasteiger charge is 2.24. The van der Waals surface area contributed by atoms with E-state index in [-0.39, 0.29) is 11.3 Å². The van der Waals surface area contributed by atoms with E-state index in [1.165, 1.54) is 13.0 Å². The molecule has 43 heavy (non-hydrogen) atoms. The summed E-state index contributed by atoms with van der Waals surface area (Å²) in [4.78, 5) is 33.8. The SMILES string of the molecule is C=C(C)O/N=C(\CCC)c1cc(CCCCC(C)C)c2oc3c([N+](=O)[O-])cc(/C(CCCOC)=N/OC(C)=O)cc3c2c1. The molecule has 2 aromatic carbocycles. The van der Waals surface area contributed by atoms with Gasteiger partial charge >= 0.3 is 11.7 Å². The van der Waals surface area contributed by atoms with Gasteiger partial charge in [-0.15, -0.1) is 0 Å². The number of non-ortho nitro benzene ring substituents is 1. The number of rotatable bonds is 17. The van der Waals surface area contributed by atoms with Crippen molar-refractivity contribution in [3.63, 3.8) is 0 Å². The van der Waals surface area contributed by atoms with Gasteiger partial charge in [0.25, 0.3) is 0 Å². The molecular formula is C33H43N3O7. The Kier molecular flexibility index (Phi) is 12.4. The maximum Gasteiger partial charge on any atom is 0.331 e. The highest BCUT2D eigenvalue weighted by Crippen LogP contribution is 2.39. The number of carbonyl (C=O) groups is 1. The molecule has 0 bridgehead atoms. The minimum atomic E-state index is -0.583. The Labute approximate surface area is 252 Å². The zero-order chi connectivity index (χ0) is 31.5. The molecule has 0 N–H and O–H groups in total. The van der Waals surface area contributed by atoms with Crippen LogP contribution in [0.1, 0.15) is 96.3 Å². The van der Waals surface area contributed by atoms with Crippen LogP contribution in [0.4, 0.5) is 5.69 Å². The minimum absolute atomic E-state index is 0.181. The van der Waals surface area contributed by atoms with Crippen molar-refractivity contribution in [3.8, 4) is 0 Å². The number of allylic oxidation sites excluding steroid dienone is 1. The Morgan fingerprint density at radius 1 is 0.977 bits per heavy atom. The molecular weight excluding hydrogens is 550 g/mol. The van der Waals surface area contributed by atoms with E-state index in [2.05, 4.69) is 43.7 Å². The molecule has 0 aliphatic carbocycles. The summed E-state index contributed by atoms with van der Waals surface area (Å²) in [6, 6.07) is 7.25. The van der Waals surface area contributed by atoms with Gasteiger partial charge in [-0.25, -0.2) is 4.79 Å². The molecule has 0 saturated carbocycles. The summed E-state index contributed by atoms with van der Waals surface area (Å²) in [6.45, 7) is 13.7. The number of oxime groups is 2. The Balaban J connectivity index is 2.30. The van der Waals surface area contributed by atoms with Crippen LogP contribution in [0.3, 0.4) is 0 Å². The molecule has 0 unspecified atom stereocenters. The predicted molar refractivity (Wildman–Crippen MR) is 170 cm³/mol. The molecule has 0 aliphatic rings. The van der Waals surface area contributed by atoms with Crippen LogP contribution >= 0.6 is 0 Å². The largest absolute Gasteiger partial charge is 0.449 e. The van der Waals surface area contributed by atoms with Crippen LogP contribution < -0.4 is 0 Å². The summed E-state index contributed by atoms with van der Waals surface area (Å²) in [6.07, 6.45) is 6.35. The molecule has 0 radical (unpaired) electrons. The highest BCUT2D eigenvalue weighted by atomic mass is 16.7. The van der Waals surface area contributed by atoms with Crippen molar-refractivity contribution >= 4 is 45.0 Å². The van der Waals surface area contributed by atoms with Crippen molar-refractivity contribution in [2.45, 2.75) is 86.0 Å². The summed E-state index contributed by atoms with van der Waals surface area (Å²) in [5, 5.41) is 22.1. The molecule has 0 fully saturated rings. The lowest BCUT2D eigenvalue weighted by Gasteiger charge is -2.10. The Hall–Kier alpha value is -4.05. The zero-order valence-electron chi connectivity index (χ0n) is 26.2. The Bertz CT molecular complexity index is 1520. The fourth-order valence-corrected chi connectivity index (χ4v) is 4.91. The number of carbonyl (C=O) groups excluding carboxylic acids is 1. The molecule has 0 spiro atoms. The number of nitro groups is 1. The first-order valence-electron chi connectivity index (χ1n) is 14.9. The van der Waals surface area contributed by atoms with Gasteiger partial charge in [-0.05, 0) is 68.7 Å². The predicted octanol–water partition coefficient (Wildman–Crippen LogP) is 8.61. The molecule has 0 saturated heterocycles. The van der Waals surface area contributed by atoms with E-state index in [0.29, 0.717) is 59.8 Å². The molecule has 3 aromatic rings. The number of fused-ring (bicyclic) bond motifs is 3. The lowest BCUT2D eigenvalue weighted by molar-refractivity contribution is -0.383. The lowest BCUT2D eigenvalue weighted by Crippen LogP contribution is -2.07. The molecule has 232 valence electrons. The summed E-state index contributed by atoms with van der Waals surface area (Å²) in [5.41, 5.74) is 4.04. The van der Waals surface area contributed by atoms with Gasteiger partial charge in [0, 0.05) is 48.6 Å². The van der Waals surface area contributed by atoms with Crippen LogP contribution in [0, 0.1) is 16.0 Å². The number of hydrogen-bond acceptors (Lipinski definition) is 9. The Morgan fingerprint density at radius 2 is 1.63 bits per heavy atom. The van der Waals surface area contributed by atoms with Crippen LogP contribution in [0.2, 0.25) is 0 Å². The van der Waals surface area contributed by atoms with E-state index in [4.69, 9.17) is 18.8 Å². The Morgan fingerprint density at radius 3 is 2.23 bits per heavy atom. The maximum absolute atomic E-state index is 12.3. The first kappa shape index (κ1) is 33.5. The third-order valence-electron chi connectivity index (χ3n) is 6.92. The smallest absolute Gasteiger partial charge is 0.331 e. The molecule has 3 rings (SSSR count). The van der Waals surface area contributed by atoms with E-state index in [0.717, 1.165) is 54.3 Å². The average Bonchev–Trinajstić information content (AvgIpc) is 3.32. The van der Waals surface area contributed by atoms with E-state index in [1.54, 1.807) is 14.0 Å². The molecule has 0 amide bonds. The second kappa shape index (κ2) is 16.0. The monoisotopic (exact) mass is 593 g/mol. The van der Waals surface area contributed by atoms with E-state index < -0.39 is 10.9 Å². The van der Waals surface area contributed by atoms with Gasteiger partial charge in [0.15, 0.2) is 0 Å². The van der Waals surface area contributed by atoms with E-state index in [9.17, 15) is 14.9 Å². The number of ether oxygens (including phenoxy) is 1. The molecule has 10 nitrogen and oxygen atoms in total. The first-order chi connectivity index (χ1) is 20.5. The van der Waals surface area contributed by atoms with Crippen molar-refractivity contribution in [2.75, 3.05) is 13.7 Å². The highest BCUT2D eigenvalue weighted by molar-refractivity contribution is 6.15. The van der Waals surface area contributed by atoms with Crippen LogP contribution in [0.15, 0.2) is 51.3 Å². The van der Waals surface area contributed by atoms with Gasteiger partial charge in [0.2, 0.25) is 5.58 Å².